The average Bonchev–Trinajstić information content (AvgIpc) is 3.24. The van der Waals surface area contributed by atoms with Crippen molar-refractivity contribution in [2.45, 2.75) is 18.0 Å². The molecule has 4 rings (SSSR count). The highest BCUT2D eigenvalue weighted by Gasteiger charge is 2.49. The smallest absolute Gasteiger partial charge is 0.250 e. The van der Waals surface area contributed by atoms with E-state index in [4.69, 9.17) is 11.6 Å². The topological polar surface area (TPSA) is 76.8 Å². The molecular formula is C14H10BrClN6OS. The van der Waals surface area contributed by atoms with Crippen LogP contribution in [0.4, 0.5) is 5.13 Å². The number of rotatable bonds is 4. The molecule has 1 fully saturated rings. The van der Waals surface area contributed by atoms with Gasteiger partial charge in [0.2, 0.25) is 11.0 Å². The molecule has 0 radical (unpaired) electrons. The number of hydrogen-bond acceptors (Lipinski definition) is 6. The highest BCUT2D eigenvalue weighted by molar-refractivity contribution is 9.10. The minimum atomic E-state index is -0.595. The molecule has 3 heterocycles. The Hall–Kier alpha value is -1.84. The molecule has 1 aliphatic rings. The fraction of sp³-hybridized carbons (Fsp3) is 0.214. The van der Waals surface area contributed by atoms with E-state index in [1.165, 1.54) is 17.7 Å². The van der Waals surface area contributed by atoms with Crippen molar-refractivity contribution in [3.8, 4) is 0 Å². The summed E-state index contributed by atoms with van der Waals surface area (Å²) >= 11 is 11.0. The second kappa shape index (κ2) is 6.23. The van der Waals surface area contributed by atoms with Gasteiger partial charge in [-0.3, -0.25) is 9.69 Å². The summed E-state index contributed by atoms with van der Waals surface area (Å²) in [6.07, 6.45) is 3.07. The number of carbonyl (C=O) groups is 1. The maximum absolute atomic E-state index is 12.3. The Morgan fingerprint density at radius 2 is 2.21 bits per heavy atom. The molecule has 10 heteroatoms. The van der Waals surface area contributed by atoms with Crippen molar-refractivity contribution in [2.75, 3.05) is 4.90 Å². The van der Waals surface area contributed by atoms with Crippen LogP contribution in [0.25, 0.3) is 0 Å². The van der Waals surface area contributed by atoms with Gasteiger partial charge in [0.15, 0.2) is 0 Å². The molecule has 1 amide bonds. The standard InChI is InChI=1S/C14H10BrClN6OS/c15-9-3-1-2-8(4-9)12-11(16)13(23)22(12)14-20-19-10(24-14)5-21-7-17-6-18-21/h1-4,6-7,11-12H,5H2. The fourth-order valence-electron chi connectivity index (χ4n) is 2.53. The van der Waals surface area contributed by atoms with Gasteiger partial charge >= 0.3 is 0 Å². The number of halogens is 2. The molecule has 24 heavy (non-hydrogen) atoms. The van der Waals surface area contributed by atoms with Gasteiger partial charge in [0.1, 0.15) is 23.0 Å². The summed E-state index contributed by atoms with van der Waals surface area (Å²) in [7, 11) is 0. The zero-order valence-electron chi connectivity index (χ0n) is 12.1. The lowest BCUT2D eigenvalue weighted by molar-refractivity contribution is -0.123. The number of nitrogens with zero attached hydrogens (tertiary/aromatic N) is 6. The van der Waals surface area contributed by atoms with Gasteiger partial charge in [-0.25, -0.2) is 9.67 Å². The highest BCUT2D eigenvalue weighted by Crippen LogP contribution is 2.43. The van der Waals surface area contributed by atoms with Crippen molar-refractivity contribution < 1.29 is 4.79 Å². The minimum absolute atomic E-state index is 0.162. The first kappa shape index (κ1) is 15.7. The first-order valence-electron chi connectivity index (χ1n) is 7.01. The lowest BCUT2D eigenvalue weighted by Gasteiger charge is -2.42. The molecule has 3 aromatic rings. The van der Waals surface area contributed by atoms with Gasteiger partial charge in [-0.05, 0) is 17.7 Å². The largest absolute Gasteiger partial charge is 0.276 e. The second-order valence-corrected chi connectivity index (χ2v) is 7.61. The molecule has 7 nitrogen and oxygen atoms in total. The number of hydrogen-bond donors (Lipinski definition) is 0. The van der Waals surface area contributed by atoms with E-state index in [-0.39, 0.29) is 11.9 Å². The minimum Gasteiger partial charge on any atom is -0.276 e. The third-order valence-electron chi connectivity index (χ3n) is 3.65. The molecule has 2 aromatic heterocycles. The van der Waals surface area contributed by atoms with E-state index in [1.807, 2.05) is 24.3 Å². The molecule has 1 aliphatic heterocycles. The van der Waals surface area contributed by atoms with Crippen LogP contribution in [0.5, 0.6) is 0 Å². The Bertz CT molecular complexity index is 885. The molecule has 2 unspecified atom stereocenters. The van der Waals surface area contributed by atoms with E-state index in [2.05, 4.69) is 36.2 Å². The maximum atomic E-state index is 12.3. The summed E-state index contributed by atoms with van der Waals surface area (Å²) in [6.45, 7) is 0.464. The predicted molar refractivity (Wildman–Crippen MR) is 93.0 cm³/mol. The first-order valence-corrected chi connectivity index (χ1v) is 9.05. The van der Waals surface area contributed by atoms with Gasteiger partial charge in [0.25, 0.3) is 0 Å². The van der Waals surface area contributed by atoms with E-state index >= 15 is 0 Å². The van der Waals surface area contributed by atoms with Crippen molar-refractivity contribution >= 4 is 49.9 Å². The number of carbonyl (C=O) groups excluding carboxylic acids is 1. The van der Waals surface area contributed by atoms with Crippen molar-refractivity contribution in [2.24, 2.45) is 0 Å². The third-order valence-corrected chi connectivity index (χ3v) is 5.47. The monoisotopic (exact) mass is 424 g/mol. The Kier molecular flexibility index (Phi) is 4.07. The zero-order valence-corrected chi connectivity index (χ0v) is 15.2. The van der Waals surface area contributed by atoms with Gasteiger partial charge < -0.3 is 0 Å². The average molecular weight is 426 g/mol. The first-order chi connectivity index (χ1) is 11.6. The summed E-state index contributed by atoms with van der Waals surface area (Å²) < 4.78 is 2.59. The van der Waals surface area contributed by atoms with Crippen molar-refractivity contribution in [3.05, 3.63) is 52.0 Å². The summed E-state index contributed by atoms with van der Waals surface area (Å²) in [5, 5.41) is 13.0. The number of β-lactam (4-membered cyclic amide) rings is 1. The van der Waals surface area contributed by atoms with Gasteiger partial charge in [-0.15, -0.1) is 21.8 Å². The summed E-state index contributed by atoms with van der Waals surface area (Å²) in [5.41, 5.74) is 0.956. The molecule has 0 spiro atoms. The number of benzene rings is 1. The Labute approximate surface area is 154 Å². The van der Waals surface area contributed by atoms with E-state index in [1.54, 1.807) is 15.9 Å². The van der Waals surface area contributed by atoms with Gasteiger partial charge in [0, 0.05) is 4.47 Å². The van der Waals surface area contributed by atoms with Crippen LogP contribution in [0.2, 0.25) is 0 Å². The van der Waals surface area contributed by atoms with Crippen LogP contribution >= 0.6 is 38.9 Å². The van der Waals surface area contributed by atoms with Crippen LogP contribution in [-0.4, -0.2) is 36.2 Å². The van der Waals surface area contributed by atoms with Crippen LogP contribution in [0.15, 0.2) is 41.4 Å². The number of amides is 1. The Balaban J connectivity index is 1.60. The van der Waals surface area contributed by atoms with Crippen LogP contribution in [0, 0.1) is 0 Å². The predicted octanol–water partition coefficient (Wildman–Crippen LogP) is 2.64. The fourth-order valence-corrected chi connectivity index (χ4v) is 4.19. The lowest BCUT2D eigenvalue weighted by Crippen LogP contribution is -2.56. The summed E-state index contributed by atoms with van der Waals surface area (Å²) in [5.74, 6) is -0.162. The van der Waals surface area contributed by atoms with Crippen LogP contribution in [0.3, 0.4) is 0 Å². The van der Waals surface area contributed by atoms with E-state index < -0.39 is 5.38 Å². The van der Waals surface area contributed by atoms with E-state index in [9.17, 15) is 4.79 Å². The molecule has 1 saturated heterocycles. The third kappa shape index (κ3) is 2.72. The Morgan fingerprint density at radius 3 is 2.96 bits per heavy atom. The molecule has 0 N–H and O–H groups in total. The summed E-state index contributed by atoms with van der Waals surface area (Å²) in [6, 6.07) is 7.50. The molecule has 0 aliphatic carbocycles. The van der Waals surface area contributed by atoms with Crippen molar-refractivity contribution in [1.29, 1.82) is 0 Å². The van der Waals surface area contributed by atoms with Crippen molar-refractivity contribution in [1.82, 2.24) is 25.0 Å². The normalized spacial score (nSPS) is 20.2. The molecule has 0 bridgehead atoms. The number of anilines is 1. The molecule has 0 saturated carbocycles. The molecular weight excluding hydrogens is 416 g/mol. The molecule has 1 aromatic carbocycles. The molecule has 122 valence electrons. The van der Waals surface area contributed by atoms with Gasteiger partial charge in [-0.1, -0.05) is 39.4 Å². The lowest BCUT2D eigenvalue weighted by atomic mass is 9.94. The number of alkyl halides is 1. The molecule has 2 atom stereocenters. The van der Waals surface area contributed by atoms with Gasteiger partial charge in [-0.2, -0.15) is 5.10 Å². The van der Waals surface area contributed by atoms with Crippen molar-refractivity contribution in [3.63, 3.8) is 0 Å². The number of aromatic nitrogens is 5. The van der Waals surface area contributed by atoms with E-state index in [0.717, 1.165) is 15.0 Å². The van der Waals surface area contributed by atoms with Crippen LogP contribution in [0.1, 0.15) is 16.6 Å². The van der Waals surface area contributed by atoms with Crippen LogP contribution < -0.4 is 4.90 Å². The maximum Gasteiger partial charge on any atom is 0.250 e. The quantitative estimate of drug-likeness (QED) is 0.474. The zero-order chi connectivity index (χ0) is 16.7. The van der Waals surface area contributed by atoms with Crippen LogP contribution in [-0.2, 0) is 11.3 Å². The van der Waals surface area contributed by atoms with E-state index in [0.29, 0.717) is 11.7 Å². The SMILES string of the molecule is O=C1C(Cl)C(c2cccc(Br)c2)N1c1nnc(Cn2cncn2)s1. The second-order valence-electron chi connectivity index (χ2n) is 5.18. The summed E-state index contributed by atoms with van der Waals surface area (Å²) in [4.78, 5) is 17.7. The highest BCUT2D eigenvalue weighted by atomic mass is 79.9. The Morgan fingerprint density at radius 1 is 1.33 bits per heavy atom. The van der Waals surface area contributed by atoms with Gasteiger partial charge in [0.05, 0.1) is 12.6 Å².